The molecule has 3 N–H and O–H groups in total. The monoisotopic (exact) mass is 348 g/mol. The van der Waals surface area contributed by atoms with Crippen LogP contribution in [0.1, 0.15) is 18.9 Å². The van der Waals surface area contributed by atoms with Crippen LogP contribution in [-0.2, 0) is 20.9 Å². The number of para-hydroxylation sites is 1. The van der Waals surface area contributed by atoms with Crippen molar-refractivity contribution in [2.24, 2.45) is 0 Å². The first-order chi connectivity index (χ1) is 12.0. The van der Waals surface area contributed by atoms with Gasteiger partial charge in [0.1, 0.15) is 11.9 Å². The molecule has 25 heavy (non-hydrogen) atoms. The number of methoxy groups -OCH3 is 1. The minimum Gasteiger partial charge on any atom is -0.496 e. The summed E-state index contributed by atoms with van der Waals surface area (Å²) < 4.78 is 10.9. The Bertz CT molecular complexity index is 632. The molecular weight excluding hydrogens is 324 g/mol. The molecule has 0 aliphatic carbocycles. The number of nitrogens with one attached hydrogen (secondary N) is 2. The molecule has 1 aromatic rings. The fraction of sp³-hybridized carbons (Fsp3) is 0.444. The first kappa shape index (κ1) is 19.0. The molecule has 1 aliphatic heterocycles. The summed E-state index contributed by atoms with van der Waals surface area (Å²) in [7, 11) is 1.59. The summed E-state index contributed by atoms with van der Waals surface area (Å²) in [6, 6.07) is 7.07. The van der Waals surface area contributed by atoms with Crippen LogP contribution in [0.5, 0.6) is 5.75 Å². The number of carbonyl (C=O) groups is 2. The Labute approximate surface area is 147 Å². The van der Waals surface area contributed by atoms with Crippen molar-refractivity contribution in [3.8, 4) is 5.75 Å². The third-order valence-corrected chi connectivity index (χ3v) is 3.89. The van der Waals surface area contributed by atoms with Gasteiger partial charge >= 0.3 is 0 Å². The summed E-state index contributed by atoms with van der Waals surface area (Å²) in [5, 5.41) is 14.9. The van der Waals surface area contributed by atoms with Crippen molar-refractivity contribution in [1.29, 1.82) is 0 Å². The van der Waals surface area contributed by atoms with E-state index in [0.717, 1.165) is 11.3 Å². The predicted molar refractivity (Wildman–Crippen MR) is 91.9 cm³/mol. The van der Waals surface area contributed by atoms with Crippen LogP contribution >= 0.6 is 0 Å². The highest BCUT2D eigenvalue weighted by atomic mass is 16.5. The maximum atomic E-state index is 12.1. The van der Waals surface area contributed by atoms with E-state index in [-0.39, 0.29) is 24.8 Å². The Morgan fingerprint density at radius 3 is 2.72 bits per heavy atom. The van der Waals surface area contributed by atoms with E-state index in [9.17, 15) is 14.7 Å². The lowest BCUT2D eigenvalue weighted by Crippen LogP contribution is -2.48. The number of hydrogen-bond acceptors (Lipinski definition) is 5. The second kappa shape index (κ2) is 9.19. The molecule has 0 spiro atoms. The van der Waals surface area contributed by atoms with Gasteiger partial charge in [0.15, 0.2) is 0 Å². The summed E-state index contributed by atoms with van der Waals surface area (Å²) in [5.41, 5.74) is 0.886. The number of aliphatic hydroxyl groups is 1. The summed E-state index contributed by atoms with van der Waals surface area (Å²) in [5.74, 6) is 0.343. The van der Waals surface area contributed by atoms with Crippen molar-refractivity contribution in [2.75, 3.05) is 13.7 Å². The number of ether oxygens (including phenoxy) is 2. The van der Waals surface area contributed by atoms with Gasteiger partial charge in [-0.05, 0) is 6.07 Å². The van der Waals surface area contributed by atoms with E-state index in [1.165, 1.54) is 6.92 Å². The minimum absolute atomic E-state index is 0.134. The number of amides is 2. The third-order valence-electron chi connectivity index (χ3n) is 3.89. The van der Waals surface area contributed by atoms with Crippen molar-refractivity contribution < 1.29 is 24.2 Å². The Balaban J connectivity index is 1.87. The van der Waals surface area contributed by atoms with Crippen molar-refractivity contribution in [3.63, 3.8) is 0 Å². The highest BCUT2D eigenvalue weighted by Crippen LogP contribution is 2.18. The van der Waals surface area contributed by atoms with Crippen LogP contribution < -0.4 is 15.4 Å². The summed E-state index contributed by atoms with van der Waals surface area (Å²) in [4.78, 5) is 23.3. The van der Waals surface area contributed by atoms with Crippen LogP contribution in [-0.4, -0.2) is 48.9 Å². The lowest BCUT2D eigenvalue weighted by Gasteiger charge is -2.31. The summed E-state index contributed by atoms with van der Waals surface area (Å²) in [6.07, 6.45) is 2.61. The van der Waals surface area contributed by atoms with Gasteiger partial charge in [0.25, 0.3) is 0 Å². The standard InChI is InChI=1S/C18H24N2O5/c1-12(22)20-15-8-7-14(25-17(15)11-21)9-18(23)19-10-13-5-3-4-6-16(13)24-2/h3-8,14-15,17,21H,9-11H2,1-2H3,(H,19,23)(H,20,22)/t14-,15+,17-/m1/s1. The van der Waals surface area contributed by atoms with Gasteiger partial charge in [0.05, 0.1) is 32.3 Å². The van der Waals surface area contributed by atoms with Crippen molar-refractivity contribution in [2.45, 2.75) is 38.1 Å². The molecule has 0 aromatic heterocycles. The van der Waals surface area contributed by atoms with E-state index < -0.39 is 18.2 Å². The number of aliphatic hydroxyl groups excluding tert-OH is 1. The quantitative estimate of drug-likeness (QED) is 0.624. The molecule has 0 unspecified atom stereocenters. The number of carbonyl (C=O) groups excluding carboxylic acids is 2. The number of hydrogen-bond donors (Lipinski definition) is 3. The van der Waals surface area contributed by atoms with Gasteiger partial charge in [0.2, 0.25) is 11.8 Å². The molecule has 2 rings (SSSR count). The van der Waals surface area contributed by atoms with Gasteiger partial charge in [-0.3, -0.25) is 9.59 Å². The van der Waals surface area contributed by atoms with Crippen LogP contribution in [0, 0.1) is 0 Å². The lowest BCUT2D eigenvalue weighted by molar-refractivity contribution is -0.127. The molecule has 1 heterocycles. The van der Waals surface area contributed by atoms with E-state index in [1.807, 2.05) is 24.3 Å². The average Bonchev–Trinajstić information content (AvgIpc) is 2.61. The van der Waals surface area contributed by atoms with Gasteiger partial charge in [0, 0.05) is 19.0 Å². The van der Waals surface area contributed by atoms with Crippen molar-refractivity contribution in [1.82, 2.24) is 10.6 Å². The molecule has 7 heteroatoms. The van der Waals surface area contributed by atoms with E-state index in [1.54, 1.807) is 19.3 Å². The van der Waals surface area contributed by atoms with E-state index in [2.05, 4.69) is 10.6 Å². The summed E-state index contributed by atoms with van der Waals surface area (Å²) >= 11 is 0. The van der Waals surface area contributed by atoms with Gasteiger partial charge in [-0.15, -0.1) is 0 Å². The second-order valence-corrected chi connectivity index (χ2v) is 5.80. The van der Waals surface area contributed by atoms with Gasteiger partial charge in [-0.2, -0.15) is 0 Å². The van der Waals surface area contributed by atoms with Gasteiger partial charge in [-0.1, -0.05) is 30.4 Å². The Hall–Kier alpha value is -2.38. The Morgan fingerprint density at radius 1 is 1.28 bits per heavy atom. The largest absolute Gasteiger partial charge is 0.496 e. The van der Waals surface area contributed by atoms with Crippen molar-refractivity contribution in [3.05, 3.63) is 42.0 Å². The van der Waals surface area contributed by atoms with Crippen LogP contribution in [0.15, 0.2) is 36.4 Å². The van der Waals surface area contributed by atoms with E-state index in [4.69, 9.17) is 9.47 Å². The average molecular weight is 348 g/mol. The highest BCUT2D eigenvalue weighted by molar-refractivity contribution is 5.77. The minimum atomic E-state index is -0.569. The second-order valence-electron chi connectivity index (χ2n) is 5.80. The molecule has 0 radical (unpaired) electrons. The number of benzene rings is 1. The molecule has 1 aromatic carbocycles. The topological polar surface area (TPSA) is 96.9 Å². The first-order valence-corrected chi connectivity index (χ1v) is 8.13. The Morgan fingerprint density at radius 2 is 2.04 bits per heavy atom. The fourth-order valence-corrected chi connectivity index (χ4v) is 2.67. The molecule has 2 amide bonds. The normalized spacial score (nSPS) is 22.3. The van der Waals surface area contributed by atoms with E-state index >= 15 is 0 Å². The number of rotatable bonds is 7. The highest BCUT2D eigenvalue weighted by Gasteiger charge is 2.28. The van der Waals surface area contributed by atoms with Crippen LogP contribution in [0.4, 0.5) is 0 Å². The Kier molecular flexibility index (Phi) is 6.97. The lowest BCUT2D eigenvalue weighted by atomic mass is 10.0. The van der Waals surface area contributed by atoms with Crippen LogP contribution in [0.2, 0.25) is 0 Å². The first-order valence-electron chi connectivity index (χ1n) is 8.13. The molecule has 7 nitrogen and oxygen atoms in total. The van der Waals surface area contributed by atoms with Crippen LogP contribution in [0.25, 0.3) is 0 Å². The maximum absolute atomic E-state index is 12.1. The fourth-order valence-electron chi connectivity index (χ4n) is 2.67. The van der Waals surface area contributed by atoms with Gasteiger partial charge in [-0.25, -0.2) is 0 Å². The predicted octanol–water partition coefficient (Wildman–Crippen LogP) is 0.522. The molecule has 0 bridgehead atoms. The molecular formula is C18H24N2O5. The summed E-state index contributed by atoms with van der Waals surface area (Å²) in [6.45, 7) is 1.52. The maximum Gasteiger partial charge on any atom is 0.223 e. The zero-order chi connectivity index (χ0) is 18.2. The zero-order valence-electron chi connectivity index (χ0n) is 14.4. The smallest absolute Gasteiger partial charge is 0.223 e. The third kappa shape index (κ3) is 5.58. The van der Waals surface area contributed by atoms with Crippen LogP contribution in [0.3, 0.4) is 0 Å². The van der Waals surface area contributed by atoms with E-state index in [0.29, 0.717) is 6.54 Å². The molecule has 3 atom stereocenters. The SMILES string of the molecule is COc1ccccc1CNC(=O)C[C@H]1C=C[C@H](NC(C)=O)[C@@H](CO)O1. The molecule has 1 aliphatic rings. The zero-order valence-corrected chi connectivity index (χ0v) is 14.4. The molecule has 0 fully saturated rings. The molecule has 136 valence electrons. The molecule has 0 saturated heterocycles. The van der Waals surface area contributed by atoms with Crippen molar-refractivity contribution >= 4 is 11.8 Å². The van der Waals surface area contributed by atoms with Gasteiger partial charge < -0.3 is 25.2 Å². The molecule has 0 saturated carbocycles.